The molecule has 70 valence electrons. The molecule has 0 aromatic heterocycles. The summed E-state index contributed by atoms with van der Waals surface area (Å²) in [5, 5.41) is 13.9. The van der Waals surface area contributed by atoms with Crippen LogP contribution in [0.3, 0.4) is 0 Å². The zero-order valence-electron chi connectivity index (χ0n) is 5.67. The Balaban J connectivity index is 4.70. The summed E-state index contributed by atoms with van der Waals surface area (Å²) in [4.78, 5) is 20.0. The lowest BCUT2D eigenvalue weighted by Gasteiger charge is -2.04. The molecule has 0 fully saturated rings. The van der Waals surface area contributed by atoms with Gasteiger partial charge in [0.15, 0.2) is 5.25 Å². The number of carboxylic acid groups (broad SMARTS) is 2. The first-order valence-electron chi connectivity index (χ1n) is 2.66. The normalized spacial score (nSPS) is 13.8. The summed E-state index contributed by atoms with van der Waals surface area (Å²) in [6.45, 7) is 0. The van der Waals surface area contributed by atoms with Crippen molar-refractivity contribution < 1.29 is 32.8 Å². The third-order valence-corrected chi connectivity index (χ3v) is 2.08. The number of aliphatic carboxylic acids is 2. The lowest BCUT2D eigenvalue weighted by molar-refractivity contribution is -0.143. The van der Waals surface area contributed by atoms with Gasteiger partial charge in [0.25, 0.3) is 10.1 Å². The van der Waals surface area contributed by atoms with E-state index in [2.05, 4.69) is 0 Å². The standard InChI is InChI=1S/C4H6O7S/c5-3(6)1-2(4(7)8)12(9,10)11/h2H,1H2,(H,5,6)(H,7,8)(H,9,10,11)/t2-/m1/s1. The van der Waals surface area contributed by atoms with Crippen molar-refractivity contribution in [1.82, 2.24) is 0 Å². The van der Waals surface area contributed by atoms with Gasteiger partial charge in [-0.3, -0.25) is 14.1 Å². The summed E-state index contributed by atoms with van der Waals surface area (Å²) in [5.41, 5.74) is 0. The molecule has 0 aromatic carbocycles. The summed E-state index contributed by atoms with van der Waals surface area (Å²) < 4.78 is 28.7. The Hall–Kier alpha value is -1.15. The van der Waals surface area contributed by atoms with Gasteiger partial charge in [0, 0.05) is 0 Å². The molecule has 3 N–H and O–H groups in total. The molecular formula is C4H6O7S. The molecule has 0 aliphatic heterocycles. The molecule has 0 amide bonds. The number of hydrogen-bond acceptors (Lipinski definition) is 4. The minimum atomic E-state index is -4.84. The molecule has 0 aliphatic carbocycles. The minimum absolute atomic E-state index is 1.16. The Morgan fingerprint density at radius 2 is 1.67 bits per heavy atom. The van der Waals surface area contributed by atoms with Crippen molar-refractivity contribution in [3.05, 3.63) is 0 Å². The van der Waals surface area contributed by atoms with E-state index in [1.54, 1.807) is 0 Å². The second-order valence-electron chi connectivity index (χ2n) is 1.94. The van der Waals surface area contributed by atoms with Crippen molar-refractivity contribution in [2.45, 2.75) is 11.7 Å². The Morgan fingerprint density at radius 3 is 1.75 bits per heavy atom. The topological polar surface area (TPSA) is 129 Å². The summed E-state index contributed by atoms with van der Waals surface area (Å²) >= 11 is 0. The van der Waals surface area contributed by atoms with E-state index in [0.717, 1.165) is 0 Å². The maximum Gasteiger partial charge on any atom is 0.325 e. The molecule has 0 saturated heterocycles. The van der Waals surface area contributed by atoms with Crippen molar-refractivity contribution in [2.75, 3.05) is 0 Å². The van der Waals surface area contributed by atoms with Crippen molar-refractivity contribution in [2.24, 2.45) is 0 Å². The van der Waals surface area contributed by atoms with Crippen LogP contribution in [0.15, 0.2) is 0 Å². The lowest BCUT2D eigenvalue weighted by Crippen LogP contribution is -2.31. The molecule has 0 bridgehead atoms. The second-order valence-corrected chi connectivity index (χ2v) is 3.54. The highest BCUT2D eigenvalue weighted by molar-refractivity contribution is 7.87. The first kappa shape index (κ1) is 10.8. The molecule has 0 rings (SSSR count). The van der Waals surface area contributed by atoms with Gasteiger partial charge < -0.3 is 10.2 Å². The lowest BCUT2D eigenvalue weighted by atomic mass is 10.3. The Bertz CT molecular complexity index is 289. The molecule has 1 atom stereocenters. The summed E-state index contributed by atoms with van der Waals surface area (Å²) in [6.07, 6.45) is -1.16. The van der Waals surface area contributed by atoms with Crippen LogP contribution in [0.4, 0.5) is 0 Å². The third-order valence-electron chi connectivity index (χ3n) is 0.995. The molecular weight excluding hydrogens is 192 g/mol. The van der Waals surface area contributed by atoms with Crippen LogP contribution in [0, 0.1) is 0 Å². The van der Waals surface area contributed by atoms with Crippen LogP contribution in [0.2, 0.25) is 0 Å². The van der Waals surface area contributed by atoms with Crippen LogP contribution in [0.1, 0.15) is 6.42 Å². The van der Waals surface area contributed by atoms with Gasteiger partial charge in [0.2, 0.25) is 0 Å². The van der Waals surface area contributed by atoms with Crippen molar-refractivity contribution in [3.63, 3.8) is 0 Å². The van der Waals surface area contributed by atoms with E-state index in [0.29, 0.717) is 0 Å². The quantitative estimate of drug-likeness (QED) is 0.484. The molecule has 0 heterocycles. The Labute approximate surface area is 67.4 Å². The van der Waals surface area contributed by atoms with Gasteiger partial charge >= 0.3 is 11.9 Å². The molecule has 12 heavy (non-hydrogen) atoms. The fraction of sp³-hybridized carbons (Fsp3) is 0.500. The molecule has 0 unspecified atom stereocenters. The highest BCUT2D eigenvalue weighted by Gasteiger charge is 2.33. The van der Waals surface area contributed by atoms with E-state index in [1.165, 1.54) is 0 Å². The zero-order chi connectivity index (χ0) is 9.94. The largest absolute Gasteiger partial charge is 0.481 e. The van der Waals surface area contributed by atoms with E-state index in [4.69, 9.17) is 14.8 Å². The van der Waals surface area contributed by atoms with Crippen molar-refractivity contribution in [1.29, 1.82) is 0 Å². The fourth-order valence-electron chi connectivity index (χ4n) is 0.479. The Morgan fingerprint density at radius 1 is 1.25 bits per heavy atom. The van der Waals surface area contributed by atoms with Gasteiger partial charge in [-0.2, -0.15) is 8.42 Å². The van der Waals surface area contributed by atoms with E-state index in [1.807, 2.05) is 0 Å². The molecule has 8 heteroatoms. The molecule has 0 saturated carbocycles. The first-order valence-corrected chi connectivity index (χ1v) is 4.16. The van der Waals surface area contributed by atoms with Crippen LogP contribution in [0.25, 0.3) is 0 Å². The predicted octanol–water partition coefficient (Wildman–Crippen LogP) is -1.20. The maximum absolute atomic E-state index is 10.2. The van der Waals surface area contributed by atoms with Gasteiger partial charge in [0.05, 0.1) is 6.42 Å². The van der Waals surface area contributed by atoms with Crippen molar-refractivity contribution >= 4 is 22.1 Å². The van der Waals surface area contributed by atoms with Crippen LogP contribution >= 0.6 is 0 Å². The number of carbonyl (C=O) groups is 2. The second kappa shape index (κ2) is 3.50. The van der Waals surface area contributed by atoms with Crippen LogP contribution in [0.5, 0.6) is 0 Å². The number of rotatable bonds is 4. The average Bonchev–Trinajstić information content (AvgIpc) is 1.79. The van der Waals surface area contributed by atoms with E-state index >= 15 is 0 Å². The summed E-state index contributed by atoms with van der Waals surface area (Å²) in [7, 11) is -4.84. The van der Waals surface area contributed by atoms with Crippen LogP contribution in [-0.4, -0.2) is 40.4 Å². The zero-order valence-corrected chi connectivity index (χ0v) is 6.48. The first-order chi connectivity index (χ1) is 5.25. The number of hydrogen-bond donors (Lipinski definition) is 3. The molecule has 0 radical (unpaired) electrons. The van der Waals surface area contributed by atoms with Crippen LogP contribution in [-0.2, 0) is 19.7 Å². The Kier molecular flexibility index (Phi) is 3.16. The predicted molar refractivity (Wildman–Crippen MR) is 35.2 cm³/mol. The van der Waals surface area contributed by atoms with E-state index < -0.39 is 33.7 Å². The van der Waals surface area contributed by atoms with Gasteiger partial charge in [-0.25, -0.2) is 0 Å². The SMILES string of the molecule is O=C(O)C[C@H](C(=O)O)S(=O)(=O)O. The average molecular weight is 198 g/mol. The van der Waals surface area contributed by atoms with E-state index in [-0.39, 0.29) is 0 Å². The monoisotopic (exact) mass is 198 g/mol. The molecule has 7 nitrogen and oxygen atoms in total. The molecule has 0 aromatic rings. The third kappa shape index (κ3) is 3.30. The van der Waals surface area contributed by atoms with Crippen molar-refractivity contribution in [3.8, 4) is 0 Å². The van der Waals surface area contributed by atoms with Gasteiger partial charge in [-0.15, -0.1) is 0 Å². The van der Waals surface area contributed by atoms with E-state index in [9.17, 15) is 18.0 Å². The highest BCUT2D eigenvalue weighted by atomic mass is 32.2. The highest BCUT2D eigenvalue weighted by Crippen LogP contribution is 2.04. The van der Waals surface area contributed by atoms with Gasteiger partial charge in [0.1, 0.15) is 0 Å². The van der Waals surface area contributed by atoms with Gasteiger partial charge in [-0.1, -0.05) is 0 Å². The molecule has 0 spiro atoms. The maximum atomic E-state index is 10.2. The minimum Gasteiger partial charge on any atom is -0.481 e. The van der Waals surface area contributed by atoms with Gasteiger partial charge in [-0.05, 0) is 0 Å². The number of carboxylic acids is 2. The fourth-order valence-corrected chi connectivity index (χ4v) is 1.09. The molecule has 0 aliphatic rings. The smallest absolute Gasteiger partial charge is 0.325 e. The summed E-state index contributed by atoms with van der Waals surface area (Å²) in [6, 6.07) is 0. The van der Waals surface area contributed by atoms with Crippen LogP contribution < -0.4 is 0 Å². The summed E-state index contributed by atoms with van der Waals surface area (Å²) in [5.74, 6) is -3.50.